The molecule has 5 heteroatoms. The maximum Gasteiger partial charge on any atom is 0.218 e. The van der Waals surface area contributed by atoms with Gasteiger partial charge in [0.05, 0.1) is 0 Å². The second-order valence-electron chi connectivity index (χ2n) is 4.96. The lowest BCUT2D eigenvalue weighted by atomic mass is 10.2. The van der Waals surface area contributed by atoms with Crippen LogP contribution in [-0.2, 0) is 4.43 Å². The van der Waals surface area contributed by atoms with Gasteiger partial charge in [-0.25, -0.2) is 0 Å². The maximum atomic E-state index is 5.95. The SMILES string of the molecule is C[Si](C)(C)O[C@@H](/C=C/c1ccccc1)C(Cl)(Cl)Cl. The van der Waals surface area contributed by atoms with Crippen LogP contribution in [0, 0.1) is 0 Å². The highest BCUT2D eigenvalue weighted by molar-refractivity contribution is 6.71. The summed E-state index contributed by atoms with van der Waals surface area (Å²) >= 11 is 17.8. The molecular formula is C13H17Cl3OSi. The molecule has 1 rings (SSSR count). The lowest BCUT2D eigenvalue weighted by molar-refractivity contribution is 0.247. The first-order chi connectivity index (χ1) is 8.18. The van der Waals surface area contributed by atoms with E-state index in [1.165, 1.54) is 0 Å². The van der Waals surface area contributed by atoms with Crippen molar-refractivity contribution in [3.8, 4) is 0 Å². The monoisotopic (exact) mass is 322 g/mol. The maximum absolute atomic E-state index is 5.95. The molecule has 0 spiro atoms. The summed E-state index contributed by atoms with van der Waals surface area (Å²) < 4.78 is 4.43. The van der Waals surface area contributed by atoms with Gasteiger partial charge in [-0.1, -0.05) is 77.3 Å². The summed E-state index contributed by atoms with van der Waals surface area (Å²) in [5.41, 5.74) is 1.05. The molecule has 0 aliphatic carbocycles. The predicted octanol–water partition coefficient (Wildman–Crippen LogP) is 5.29. The van der Waals surface area contributed by atoms with E-state index in [4.69, 9.17) is 39.2 Å². The molecule has 1 aromatic rings. The van der Waals surface area contributed by atoms with E-state index in [1.807, 2.05) is 36.4 Å². The minimum absolute atomic E-state index is 0.533. The largest absolute Gasteiger partial charge is 0.407 e. The van der Waals surface area contributed by atoms with Gasteiger partial charge in [0.15, 0.2) is 8.32 Å². The van der Waals surface area contributed by atoms with Crippen molar-refractivity contribution in [2.45, 2.75) is 29.5 Å². The van der Waals surface area contributed by atoms with E-state index in [0.717, 1.165) is 5.56 Å². The molecule has 0 aliphatic rings. The second-order valence-corrected chi connectivity index (χ2v) is 11.8. The lowest BCUT2D eigenvalue weighted by Gasteiger charge is -2.29. The van der Waals surface area contributed by atoms with E-state index in [-0.39, 0.29) is 0 Å². The third kappa shape index (κ3) is 6.25. The van der Waals surface area contributed by atoms with Crippen LogP contribution >= 0.6 is 34.8 Å². The lowest BCUT2D eigenvalue weighted by Crippen LogP contribution is -2.38. The molecule has 0 aromatic heterocycles. The number of rotatable bonds is 4. The second kappa shape index (κ2) is 6.44. The molecule has 0 unspecified atom stereocenters. The summed E-state index contributed by atoms with van der Waals surface area (Å²) in [4.78, 5) is 0. The Kier molecular flexibility index (Phi) is 5.75. The van der Waals surface area contributed by atoms with Crippen LogP contribution in [0.2, 0.25) is 19.6 Å². The van der Waals surface area contributed by atoms with Gasteiger partial charge in [-0.15, -0.1) is 0 Å². The van der Waals surface area contributed by atoms with Crippen molar-refractivity contribution < 1.29 is 4.43 Å². The first-order valence-corrected chi connectivity index (χ1v) is 10.2. The molecule has 1 nitrogen and oxygen atoms in total. The zero-order valence-electron chi connectivity index (χ0n) is 10.7. The van der Waals surface area contributed by atoms with Gasteiger partial charge in [-0.2, -0.15) is 0 Å². The van der Waals surface area contributed by atoms with Crippen molar-refractivity contribution in [3.05, 3.63) is 42.0 Å². The standard InChI is InChI=1S/C13H17Cl3OSi/c1-18(2,3)17-12(13(14,15)16)10-9-11-7-5-4-6-8-11/h4-10,12H,1-3H3/b10-9+/t12-/m0/s1. The van der Waals surface area contributed by atoms with Gasteiger partial charge in [0.25, 0.3) is 0 Å². The van der Waals surface area contributed by atoms with Gasteiger partial charge in [-0.3, -0.25) is 0 Å². The smallest absolute Gasteiger partial charge is 0.218 e. The third-order valence-electron chi connectivity index (χ3n) is 2.07. The summed E-state index contributed by atoms with van der Waals surface area (Å²) in [7, 11) is -1.77. The fourth-order valence-electron chi connectivity index (χ4n) is 1.36. The Hall–Kier alpha value is 0.00688. The molecule has 1 aromatic carbocycles. The van der Waals surface area contributed by atoms with Gasteiger partial charge in [0, 0.05) is 0 Å². The first kappa shape index (κ1) is 16.1. The molecule has 0 aliphatic heterocycles. The van der Waals surface area contributed by atoms with E-state index < -0.39 is 18.2 Å². The van der Waals surface area contributed by atoms with Crippen molar-refractivity contribution in [3.63, 3.8) is 0 Å². The Morgan fingerprint density at radius 1 is 1.11 bits per heavy atom. The van der Waals surface area contributed by atoms with Crippen molar-refractivity contribution >= 4 is 49.2 Å². The molecule has 0 radical (unpaired) electrons. The van der Waals surface area contributed by atoms with Gasteiger partial charge in [0.1, 0.15) is 6.10 Å². The molecule has 18 heavy (non-hydrogen) atoms. The van der Waals surface area contributed by atoms with Crippen LogP contribution in [0.3, 0.4) is 0 Å². The number of halogens is 3. The van der Waals surface area contributed by atoms with Gasteiger partial charge < -0.3 is 4.43 Å². The average Bonchev–Trinajstić information content (AvgIpc) is 2.22. The van der Waals surface area contributed by atoms with E-state index in [2.05, 4.69) is 19.6 Å². The summed E-state index contributed by atoms with van der Waals surface area (Å²) in [5, 5.41) is 0. The van der Waals surface area contributed by atoms with E-state index >= 15 is 0 Å². The number of benzene rings is 1. The van der Waals surface area contributed by atoms with Crippen molar-refractivity contribution in [2.75, 3.05) is 0 Å². The summed E-state index contributed by atoms with van der Waals surface area (Å²) in [6.07, 6.45) is 3.18. The normalized spacial score (nSPS) is 15.0. The van der Waals surface area contributed by atoms with Gasteiger partial charge in [-0.05, 0) is 25.2 Å². The predicted molar refractivity (Wildman–Crippen MR) is 84.0 cm³/mol. The molecule has 0 saturated carbocycles. The van der Waals surface area contributed by atoms with Gasteiger partial charge >= 0.3 is 0 Å². The summed E-state index contributed by atoms with van der Waals surface area (Å²) in [6, 6.07) is 9.86. The van der Waals surface area contributed by atoms with Crippen LogP contribution in [0.15, 0.2) is 36.4 Å². The minimum atomic E-state index is -1.77. The Morgan fingerprint density at radius 3 is 2.11 bits per heavy atom. The van der Waals surface area contributed by atoms with Crippen LogP contribution in [0.4, 0.5) is 0 Å². The zero-order chi connectivity index (χ0) is 13.8. The molecule has 0 fully saturated rings. The Morgan fingerprint density at radius 2 is 1.67 bits per heavy atom. The topological polar surface area (TPSA) is 9.23 Å². The van der Waals surface area contributed by atoms with Gasteiger partial charge in [0.2, 0.25) is 3.79 Å². The highest BCUT2D eigenvalue weighted by Gasteiger charge is 2.34. The molecule has 0 amide bonds. The van der Waals surface area contributed by atoms with E-state index in [1.54, 1.807) is 6.08 Å². The summed E-state index contributed by atoms with van der Waals surface area (Å²) in [6.45, 7) is 6.19. The fraction of sp³-hybridized carbons (Fsp3) is 0.385. The molecule has 0 N–H and O–H groups in total. The highest BCUT2D eigenvalue weighted by atomic mass is 35.6. The fourth-order valence-corrected chi connectivity index (χ4v) is 2.95. The first-order valence-electron chi connectivity index (χ1n) is 5.66. The van der Waals surface area contributed by atoms with Crippen LogP contribution in [0.25, 0.3) is 6.08 Å². The number of hydrogen-bond acceptors (Lipinski definition) is 1. The molecule has 0 bridgehead atoms. The van der Waals surface area contributed by atoms with Crippen LogP contribution in [0.1, 0.15) is 5.56 Å². The molecule has 0 saturated heterocycles. The average molecular weight is 324 g/mol. The molecular weight excluding hydrogens is 307 g/mol. The van der Waals surface area contributed by atoms with Crippen LogP contribution in [-0.4, -0.2) is 18.2 Å². The Balaban J connectivity index is 2.83. The molecule has 1 atom stereocenters. The van der Waals surface area contributed by atoms with Crippen molar-refractivity contribution in [1.82, 2.24) is 0 Å². The zero-order valence-corrected chi connectivity index (χ0v) is 13.9. The quantitative estimate of drug-likeness (QED) is 0.540. The van der Waals surface area contributed by atoms with E-state index in [9.17, 15) is 0 Å². The molecule has 100 valence electrons. The highest BCUT2D eigenvalue weighted by Crippen LogP contribution is 2.34. The van der Waals surface area contributed by atoms with Crippen LogP contribution < -0.4 is 0 Å². The Labute approximate surface area is 125 Å². The number of hydrogen-bond donors (Lipinski definition) is 0. The molecule has 0 heterocycles. The minimum Gasteiger partial charge on any atom is -0.407 e. The van der Waals surface area contributed by atoms with Crippen LogP contribution in [0.5, 0.6) is 0 Å². The van der Waals surface area contributed by atoms with Crippen molar-refractivity contribution in [2.24, 2.45) is 0 Å². The third-order valence-corrected chi connectivity index (χ3v) is 3.67. The van der Waals surface area contributed by atoms with E-state index in [0.29, 0.717) is 0 Å². The summed E-state index contributed by atoms with van der Waals surface area (Å²) in [5.74, 6) is 0. The Bertz CT molecular complexity index is 393. The number of alkyl halides is 3. The van der Waals surface area contributed by atoms with Crippen molar-refractivity contribution in [1.29, 1.82) is 0 Å².